The lowest BCUT2D eigenvalue weighted by atomic mass is 9.95. The van der Waals surface area contributed by atoms with Crippen LogP contribution >= 0.6 is 11.6 Å². The fourth-order valence-electron chi connectivity index (χ4n) is 2.69. The minimum absolute atomic E-state index is 0.00297. The lowest BCUT2D eigenvalue weighted by Crippen LogP contribution is -2.11. The van der Waals surface area contributed by atoms with Crippen LogP contribution in [0, 0.1) is 10.1 Å². The summed E-state index contributed by atoms with van der Waals surface area (Å²) in [6, 6.07) is 6.23. The molecule has 0 amide bonds. The van der Waals surface area contributed by atoms with Crippen LogP contribution in [0.15, 0.2) is 30.5 Å². The second-order valence-electron chi connectivity index (χ2n) is 4.89. The molecule has 2 aromatic rings. The molecule has 6 heteroatoms. The highest BCUT2D eigenvalue weighted by Crippen LogP contribution is 2.34. The Morgan fingerprint density at radius 1 is 1.40 bits per heavy atom. The molecule has 104 valence electrons. The number of aliphatic hydroxyl groups excluding tert-OH is 1. The van der Waals surface area contributed by atoms with Gasteiger partial charge in [0.2, 0.25) is 0 Å². The molecule has 1 atom stereocenters. The molecule has 0 saturated carbocycles. The number of nitrogens with zero attached hydrogens (tertiary/aromatic N) is 2. The first-order chi connectivity index (χ1) is 9.58. The minimum Gasteiger partial charge on any atom is -0.388 e. The first-order valence-corrected chi connectivity index (χ1v) is 6.78. The first-order valence-electron chi connectivity index (χ1n) is 6.40. The quantitative estimate of drug-likeness (QED) is 0.681. The van der Waals surface area contributed by atoms with Crippen molar-refractivity contribution in [2.45, 2.75) is 25.4 Å². The summed E-state index contributed by atoms with van der Waals surface area (Å²) in [7, 11) is 0. The Morgan fingerprint density at radius 2 is 2.20 bits per heavy atom. The van der Waals surface area contributed by atoms with Crippen LogP contribution in [0.25, 0.3) is 5.69 Å². The maximum atomic E-state index is 10.9. The Kier molecular flexibility index (Phi) is 3.23. The second-order valence-corrected chi connectivity index (χ2v) is 5.30. The van der Waals surface area contributed by atoms with E-state index in [4.69, 9.17) is 11.6 Å². The summed E-state index contributed by atoms with van der Waals surface area (Å²) in [5, 5.41) is 21.3. The molecule has 0 aliphatic heterocycles. The fourth-order valence-corrected chi connectivity index (χ4v) is 2.90. The normalized spacial score (nSPS) is 17.8. The first kappa shape index (κ1) is 13.1. The maximum Gasteiger partial charge on any atom is 0.271 e. The van der Waals surface area contributed by atoms with E-state index in [0.29, 0.717) is 10.7 Å². The highest BCUT2D eigenvalue weighted by Gasteiger charge is 2.23. The molecule has 3 rings (SSSR count). The summed E-state index contributed by atoms with van der Waals surface area (Å²) in [4.78, 5) is 10.4. The van der Waals surface area contributed by atoms with E-state index in [9.17, 15) is 15.2 Å². The van der Waals surface area contributed by atoms with Crippen LogP contribution in [-0.2, 0) is 6.42 Å². The van der Waals surface area contributed by atoms with Gasteiger partial charge in [0.05, 0.1) is 21.7 Å². The van der Waals surface area contributed by atoms with Crippen molar-refractivity contribution in [3.63, 3.8) is 0 Å². The van der Waals surface area contributed by atoms with Crippen molar-refractivity contribution in [1.82, 2.24) is 4.57 Å². The van der Waals surface area contributed by atoms with Crippen LogP contribution in [0.1, 0.15) is 30.2 Å². The summed E-state index contributed by atoms with van der Waals surface area (Å²) < 4.78 is 1.84. The number of nitro benzene ring substituents is 1. The predicted molar refractivity (Wildman–Crippen MR) is 75.3 cm³/mol. The van der Waals surface area contributed by atoms with Gasteiger partial charge in [-0.2, -0.15) is 0 Å². The SMILES string of the molecule is O=[N+]([O-])c1ccc(Cl)c(-n2ccc3c2CCCC3O)c1. The number of halogens is 1. The van der Waals surface area contributed by atoms with Gasteiger partial charge in [0.1, 0.15) is 0 Å². The molecule has 1 N–H and O–H groups in total. The monoisotopic (exact) mass is 292 g/mol. The molecule has 1 heterocycles. The molecule has 1 aliphatic rings. The van der Waals surface area contributed by atoms with Gasteiger partial charge >= 0.3 is 0 Å². The van der Waals surface area contributed by atoms with Gasteiger partial charge < -0.3 is 9.67 Å². The van der Waals surface area contributed by atoms with E-state index in [-0.39, 0.29) is 5.69 Å². The van der Waals surface area contributed by atoms with Crippen molar-refractivity contribution in [3.8, 4) is 5.69 Å². The lowest BCUT2D eigenvalue weighted by molar-refractivity contribution is -0.384. The van der Waals surface area contributed by atoms with Gasteiger partial charge in [0, 0.05) is 29.6 Å². The van der Waals surface area contributed by atoms with Gasteiger partial charge in [0.15, 0.2) is 0 Å². The van der Waals surface area contributed by atoms with Crippen LogP contribution in [0.3, 0.4) is 0 Å². The highest BCUT2D eigenvalue weighted by atomic mass is 35.5. The number of non-ortho nitro benzene ring substituents is 1. The summed E-state index contributed by atoms with van der Waals surface area (Å²) >= 11 is 6.17. The van der Waals surface area contributed by atoms with Gasteiger partial charge in [-0.15, -0.1) is 0 Å². The molecular formula is C14H13ClN2O3. The Labute approximate surface area is 120 Å². The van der Waals surface area contributed by atoms with Crippen LogP contribution < -0.4 is 0 Å². The van der Waals surface area contributed by atoms with E-state index in [1.165, 1.54) is 18.2 Å². The molecule has 0 saturated heterocycles. The van der Waals surface area contributed by atoms with E-state index in [0.717, 1.165) is 30.5 Å². The number of aliphatic hydroxyl groups is 1. The largest absolute Gasteiger partial charge is 0.388 e. The number of aromatic nitrogens is 1. The average molecular weight is 293 g/mol. The molecule has 0 radical (unpaired) electrons. The Hall–Kier alpha value is -1.85. The summed E-state index contributed by atoms with van der Waals surface area (Å²) in [6.45, 7) is 0. The van der Waals surface area contributed by atoms with Gasteiger partial charge in [-0.3, -0.25) is 10.1 Å². The van der Waals surface area contributed by atoms with Crippen LogP contribution in [0.4, 0.5) is 5.69 Å². The number of fused-ring (bicyclic) bond motifs is 1. The van der Waals surface area contributed by atoms with Crippen LogP contribution in [0.2, 0.25) is 5.02 Å². The van der Waals surface area contributed by atoms with Crippen LogP contribution in [0.5, 0.6) is 0 Å². The zero-order valence-electron chi connectivity index (χ0n) is 10.6. The number of hydrogen-bond donors (Lipinski definition) is 1. The number of rotatable bonds is 2. The smallest absolute Gasteiger partial charge is 0.271 e. The Bertz CT molecular complexity index is 681. The van der Waals surface area contributed by atoms with E-state index >= 15 is 0 Å². The van der Waals surface area contributed by atoms with Crippen molar-refractivity contribution in [2.75, 3.05) is 0 Å². The minimum atomic E-state index is -0.461. The van der Waals surface area contributed by atoms with E-state index in [2.05, 4.69) is 0 Å². The molecule has 5 nitrogen and oxygen atoms in total. The molecule has 0 spiro atoms. The fraction of sp³-hybridized carbons (Fsp3) is 0.286. The van der Waals surface area contributed by atoms with Gasteiger partial charge in [-0.25, -0.2) is 0 Å². The van der Waals surface area contributed by atoms with Crippen molar-refractivity contribution in [1.29, 1.82) is 0 Å². The topological polar surface area (TPSA) is 68.3 Å². The van der Waals surface area contributed by atoms with Gasteiger partial charge in [-0.05, 0) is 31.4 Å². The molecule has 1 aromatic carbocycles. The zero-order valence-corrected chi connectivity index (χ0v) is 11.4. The summed E-state index contributed by atoms with van der Waals surface area (Å²) in [5.41, 5.74) is 2.45. The molecule has 0 bridgehead atoms. The van der Waals surface area contributed by atoms with E-state index in [1.54, 1.807) is 0 Å². The third kappa shape index (κ3) is 2.09. The molecule has 20 heavy (non-hydrogen) atoms. The molecule has 0 fully saturated rings. The van der Waals surface area contributed by atoms with E-state index < -0.39 is 11.0 Å². The van der Waals surface area contributed by atoms with Crippen molar-refractivity contribution >= 4 is 17.3 Å². The number of benzene rings is 1. The molecule has 1 unspecified atom stereocenters. The van der Waals surface area contributed by atoms with E-state index in [1.807, 2.05) is 16.8 Å². The Balaban J connectivity index is 2.14. The predicted octanol–water partition coefficient (Wildman–Crippen LogP) is 3.41. The van der Waals surface area contributed by atoms with Gasteiger partial charge in [0.25, 0.3) is 5.69 Å². The molecule has 1 aromatic heterocycles. The summed E-state index contributed by atoms with van der Waals surface area (Å²) in [6.07, 6.45) is 3.82. The second kappa shape index (κ2) is 4.92. The Morgan fingerprint density at radius 3 is 2.95 bits per heavy atom. The molecule has 1 aliphatic carbocycles. The summed E-state index contributed by atoms with van der Waals surface area (Å²) in [5.74, 6) is 0. The third-order valence-electron chi connectivity index (χ3n) is 3.68. The maximum absolute atomic E-state index is 10.9. The molecular weight excluding hydrogens is 280 g/mol. The van der Waals surface area contributed by atoms with Gasteiger partial charge in [-0.1, -0.05) is 11.6 Å². The van der Waals surface area contributed by atoms with Crippen LogP contribution in [-0.4, -0.2) is 14.6 Å². The number of nitro groups is 1. The van der Waals surface area contributed by atoms with Crippen molar-refractivity contribution in [2.24, 2.45) is 0 Å². The zero-order chi connectivity index (χ0) is 14.3. The highest BCUT2D eigenvalue weighted by molar-refractivity contribution is 6.32. The van der Waals surface area contributed by atoms with Crippen molar-refractivity contribution in [3.05, 3.63) is 56.9 Å². The lowest BCUT2D eigenvalue weighted by Gasteiger charge is -2.20. The van der Waals surface area contributed by atoms with Crippen molar-refractivity contribution < 1.29 is 10.0 Å². The number of hydrogen-bond acceptors (Lipinski definition) is 3. The third-order valence-corrected chi connectivity index (χ3v) is 4.00. The average Bonchev–Trinajstić information content (AvgIpc) is 2.84. The standard InChI is InChI=1S/C14H13ClN2O3/c15-11-5-4-9(17(19)20)8-13(11)16-7-6-10-12(16)2-1-3-14(10)18/h4-8,14,18H,1-3H2.